The zero-order chi connectivity index (χ0) is 11.3. The summed E-state index contributed by atoms with van der Waals surface area (Å²) >= 11 is 0. The third-order valence-corrected chi connectivity index (χ3v) is 2.25. The third-order valence-electron chi connectivity index (χ3n) is 2.25. The van der Waals surface area contributed by atoms with Gasteiger partial charge in [-0.1, -0.05) is 37.8 Å². The van der Waals surface area contributed by atoms with Crippen LogP contribution in [0.3, 0.4) is 0 Å². The van der Waals surface area contributed by atoms with Gasteiger partial charge in [-0.2, -0.15) is 0 Å². The second kappa shape index (κ2) is 5.15. The van der Waals surface area contributed by atoms with Crippen molar-refractivity contribution in [3.05, 3.63) is 55.1 Å². The average molecular weight is 201 g/mol. The monoisotopic (exact) mass is 201 g/mol. The van der Waals surface area contributed by atoms with Gasteiger partial charge in [-0.25, -0.2) is 0 Å². The summed E-state index contributed by atoms with van der Waals surface area (Å²) in [6.07, 6.45) is 3.11. The first-order valence-electron chi connectivity index (χ1n) is 4.84. The molecular weight excluding hydrogens is 186 g/mol. The van der Waals surface area contributed by atoms with Gasteiger partial charge < -0.3 is 5.32 Å². The number of hydrogen-bond acceptors (Lipinski definition) is 1. The SMILES string of the molecule is C=CC(=O)Nc1ccccc1C(C)C=C. The number of nitrogens with one attached hydrogen (secondary N) is 1. The molecule has 1 unspecified atom stereocenters. The first-order valence-corrected chi connectivity index (χ1v) is 4.84. The molecule has 1 rings (SSSR count). The van der Waals surface area contributed by atoms with E-state index in [0.29, 0.717) is 0 Å². The van der Waals surface area contributed by atoms with Gasteiger partial charge in [0.1, 0.15) is 0 Å². The lowest BCUT2D eigenvalue weighted by atomic mass is 9.99. The summed E-state index contributed by atoms with van der Waals surface area (Å²) in [7, 11) is 0. The molecule has 1 N–H and O–H groups in total. The minimum absolute atomic E-state index is 0.196. The Bertz CT molecular complexity index is 382. The molecule has 1 aromatic carbocycles. The quantitative estimate of drug-likeness (QED) is 0.588. The normalized spacial score (nSPS) is 11.5. The predicted octanol–water partition coefficient (Wildman–Crippen LogP) is 3.10. The molecule has 1 amide bonds. The van der Waals surface area contributed by atoms with Crippen LogP contribution in [0.4, 0.5) is 5.69 Å². The summed E-state index contributed by atoms with van der Waals surface area (Å²) in [5.41, 5.74) is 1.87. The Balaban J connectivity index is 3.00. The van der Waals surface area contributed by atoms with Crippen LogP contribution in [0.15, 0.2) is 49.6 Å². The van der Waals surface area contributed by atoms with Crippen LogP contribution in [0.25, 0.3) is 0 Å². The molecule has 0 aliphatic heterocycles. The van der Waals surface area contributed by atoms with E-state index in [4.69, 9.17) is 0 Å². The number of rotatable bonds is 4. The minimum Gasteiger partial charge on any atom is -0.322 e. The van der Waals surface area contributed by atoms with Gasteiger partial charge >= 0.3 is 0 Å². The van der Waals surface area contributed by atoms with Crippen molar-refractivity contribution in [3.8, 4) is 0 Å². The fourth-order valence-corrected chi connectivity index (χ4v) is 1.32. The molecule has 0 radical (unpaired) electrons. The summed E-state index contributed by atoms with van der Waals surface area (Å²) in [4.78, 5) is 11.2. The minimum atomic E-state index is -0.196. The van der Waals surface area contributed by atoms with E-state index in [0.717, 1.165) is 11.3 Å². The van der Waals surface area contributed by atoms with Crippen molar-refractivity contribution in [2.75, 3.05) is 5.32 Å². The van der Waals surface area contributed by atoms with Crippen molar-refractivity contribution >= 4 is 11.6 Å². The van der Waals surface area contributed by atoms with Crippen LogP contribution in [0.1, 0.15) is 18.4 Å². The van der Waals surface area contributed by atoms with Crippen molar-refractivity contribution < 1.29 is 4.79 Å². The molecule has 2 nitrogen and oxygen atoms in total. The van der Waals surface area contributed by atoms with E-state index in [9.17, 15) is 4.79 Å². The van der Waals surface area contributed by atoms with Crippen LogP contribution < -0.4 is 5.32 Å². The maximum atomic E-state index is 11.2. The first kappa shape index (κ1) is 11.2. The Kier molecular flexibility index (Phi) is 3.86. The molecule has 0 fully saturated rings. The Morgan fingerprint density at radius 2 is 2.07 bits per heavy atom. The number of carbonyl (C=O) groups excluding carboxylic acids is 1. The van der Waals surface area contributed by atoms with Crippen molar-refractivity contribution in [1.29, 1.82) is 0 Å². The molecule has 0 aliphatic rings. The fourth-order valence-electron chi connectivity index (χ4n) is 1.32. The summed E-state index contributed by atoms with van der Waals surface area (Å²) in [6.45, 7) is 9.20. The molecule has 0 heterocycles. The van der Waals surface area contributed by atoms with Crippen molar-refractivity contribution in [3.63, 3.8) is 0 Å². The number of anilines is 1. The largest absolute Gasteiger partial charge is 0.322 e. The number of hydrogen-bond donors (Lipinski definition) is 1. The van der Waals surface area contributed by atoms with E-state index < -0.39 is 0 Å². The van der Waals surface area contributed by atoms with E-state index in [1.54, 1.807) is 0 Å². The molecule has 0 spiro atoms. The molecule has 0 bridgehead atoms. The van der Waals surface area contributed by atoms with Crippen LogP contribution in [-0.4, -0.2) is 5.91 Å². The number of para-hydroxylation sites is 1. The number of carbonyl (C=O) groups is 1. The van der Waals surface area contributed by atoms with Crippen molar-refractivity contribution in [2.24, 2.45) is 0 Å². The third kappa shape index (κ3) is 2.81. The van der Waals surface area contributed by atoms with Gasteiger partial charge in [0.25, 0.3) is 0 Å². The molecule has 0 saturated heterocycles. The highest BCUT2D eigenvalue weighted by Crippen LogP contribution is 2.24. The Morgan fingerprint density at radius 1 is 1.40 bits per heavy atom. The second-order valence-electron chi connectivity index (χ2n) is 3.31. The maximum absolute atomic E-state index is 11.2. The van der Waals surface area contributed by atoms with E-state index >= 15 is 0 Å². The van der Waals surface area contributed by atoms with Gasteiger partial charge in [-0.15, -0.1) is 6.58 Å². The molecular formula is C13H15NO. The van der Waals surface area contributed by atoms with Gasteiger partial charge in [-0.3, -0.25) is 4.79 Å². The number of amides is 1. The highest BCUT2D eigenvalue weighted by Gasteiger charge is 2.07. The second-order valence-corrected chi connectivity index (χ2v) is 3.31. The van der Waals surface area contributed by atoms with Gasteiger partial charge in [0, 0.05) is 11.6 Å². The maximum Gasteiger partial charge on any atom is 0.247 e. The van der Waals surface area contributed by atoms with E-state index in [1.807, 2.05) is 37.3 Å². The summed E-state index contributed by atoms with van der Waals surface area (Å²) in [5.74, 6) is 0.0185. The average Bonchev–Trinajstić information content (AvgIpc) is 2.28. The summed E-state index contributed by atoms with van der Waals surface area (Å²) in [5, 5.41) is 2.77. The van der Waals surface area contributed by atoms with Crippen LogP contribution in [-0.2, 0) is 4.79 Å². The molecule has 0 saturated carbocycles. The van der Waals surface area contributed by atoms with Gasteiger partial charge in [0.2, 0.25) is 5.91 Å². The lowest BCUT2D eigenvalue weighted by molar-refractivity contribution is -0.111. The van der Waals surface area contributed by atoms with Crippen LogP contribution in [0, 0.1) is 0 Å². The number of allylic oxidation sites excluding steroid dienone is 1. The predicted molar refractivity (Wildman–Crippen MR) is 63.9 cm³/mol. The first-order chi connectivity index (χ1) is 7.19. The van der Waals surface area contributed by atoms with Gasteiger partial charge in [0.15, 0.2) is 0 Å². The molecule has 2 heteroatoms. The van der Waals surface area contributed by atoms with E-state index in [-0.39, 0.29) is 11.8 Å². The van der Waals surface area contributed by atoms with Crippen LogP contribution in [0.5, 0.6) is 0 Å². The Labute approximate surface area is 90.3 Å². The van der Waals surface area contributed by atoms with E-state index in [2.05, 4.69) is 18.5 Å². The lowest BCUT2D eigenvalue weighted by Crippen LogP contribution is -2.09. The smallest absolute Gasteiger partial charge is 0.247 e. The van der Waals surface area contributed by atoms with Crippen LogP contribution in [0.2, 0.25) is 0 Å². The Morgan fingerprint density at radius 3 is 2.67 bits per heavy atom. The molecule has 0 aliphatic carbocycles. The molecule has 15 heavy (non-hydrogen) atoms. The lowest BCUT2D eigenvalue weighted by Gasteiger charge is -2.12. The van der Waals surface area contributed by atoms with Gasteiger partial charge in [0.05, 0.1) is 0 Å². The van der Waals surface area contributed by atoms with Gasteiger partial charge in [-0.05, 0) is 17.7 Å². The standard InChI is InChI=1S/C13H15NO/c1-4-10(3)11-8-6-7-9-12(11)14-13(15)5-2/h4-10H,1-2H2,3H3,(H,14,15). The number of benzene rings is 1. The zero-order valence-electron chi connectivity index (χ0n) is 8.86. The highest BCUT2D eigenvalue weighted by molar-refractivity contribution is 5.99. The summed E-state index contributed by atoms with van der Waals surface area (Å²) < 4.78 is 0. The summed E-state index contributed by atoms with van der Waals surface area (Å²) in [6, 6.07) is 7.68. The molecule has 78 valence electrons. The molecule has 1 aromatic rings. The van der Waals surface area contributed by atoms with Crippen molar-refractivity contribution in [2.45, 2.75) is 12.8 Å². The topological polar surface area (TPSA) is 29.1 Å². The van der Waals surface area contributed by atoms with Crippen molar-refractivity contribution in [1.82, 2.24) is 0 Å². The van der Waals surface area contributed by atoms with E-state index in [1.165, 1.54) is 6.08 Å². The zero-order valence-corrected chi connectivity index (χ0v) is 8.86. The highest BCUT2D eigenvalue weighted by atomic mass is 16.1. The van der Waals surface area contributed by atoms with Crippen LogP contribution >= 0.6 is 0 Å². The molecule has 1 atom stereocenters. The Hall–Kier alpha value is -1.83. The molecule has 0 aromatic heterocycles. The fraction of sp³-hybridized carbons (Fsp3) is 0.154.